The lowest BCUT2D eigenvalue weighted by Gasteiger charge is -2.32. The molecule has 1 amide bonds. The zero-order valence-electron chi connectivity index (χ0n) is 19.8. The van der Waals surface area contributed by atoms with Gasteiger partial charge >= 0.3 is 0 Å². The van der Waals surface area contributed by atoms with Gasteiger partial charge in [0.25, 0.3) is 5.91 Å². The van der Waals surface area contributed by atoms with Gasteiger partial charge in [0.2, 0.25) is 0 Å². The Morgan fingerprint density at radius 2 is 1.94 bits per heavy atom. The number of amides is 1. The van der Waals surface area contributed by atoms with Gasteiger partial charge in [0.1, 0.15) is 11.6 Å². The van der Waals surface area contributed by atoms with Crippen LogP contribution in [0.25, 0.3) is 11.3 Å². The SMILES string of the molecule is COCCNC(=O)c1ccc(CSc2nc(-c3ccccc3)cc(N(C)C3CCCCC3)n2)o1. The molecule has 1 fully saturated rings. The first-order valence-electron chi connectivity index (χ1n) is 11.8. The van der Waals surface area contributed by atoms with Gasteiger partial charge in [0.15, 0.2) is 10.9 Å². The van der Waals surface area contributed by atoms with Gasteiger partial charge in [-0.25, -0.2) is 9.97 Å². The molecule has 7 nitrogen and oxygen atoms in total. The van der Waals surface area contributed by atoms with Crippen molar-refractivity contribution < 1.29 is 13.9 Å². The molecule has 0 unspecified atom stereocenters. The maximum atomic E-state index is 12.2. The predicted molar refractivity (Wildman–Crippen MR) is 135 cm³/mol. The molecular formula is C26H32N4O3S. The van der Waals surface area contributed by atoms with E-state index in [1.54, 1.807) is 13.2 Å². The van der Waals surface area contributed by atoms with E-state index in [0.717, 1.165) is 17.1 Å². The molecule has 34 heavy (non-hydrogen) atoms. The molecular weight excluding hydrogens is 448 g/mol. The quantitative estimate of drug-likeness (QED) is 0.243. The summed E-state index contributed by atoms with van der Waals surface area (Å²) in [6.45, 7) is 0.902. The number of thioether (sulfide) groups is 1. The van der Waals surface area contributed by atoms with Crippen molar-refractivity contribution in [3.63, 3.8) is 0 Å². The number of aromatic nitrogens is 2. The first-order valence-corrected chi connectivity index (χ1v) is 12.8. The summed E-state index contributed by atoms with van der Waals surface area (Å²) < 4.78 is 10.7. The molecule has 1 aliphatic carbocycles. The van der Waals surface area contributed by atoms with Crippen molar-refractivity contribution in [3.05, 3.63) is 60.1 Å². The summed E-state index contributed by atoms with van der Waals surface area (Å²) in [5, 5.41) is 3.46. The zero-order valence-corrected chi connectivity index (χ0v) is 20.6. The standard InChI is InChI=1S/C26H32N4O3S/c1-30(20-11-7-4-8-12-20)24-17-22(19-9-5-3-6-10-19)28-26(29-24)34-18-21-13-14-23(33-21)25(31)27-15-16-32-2/h3,5-6,9-10,13-14,17,20H,4,7-8,11-12,15-16,18H2,1-2H3,(H,27,31). The van der Waals surface area contributed by atoms with Crippen LogP contribution in [0.3, 0.4) is 0 Å². The summed E-state index contributed by atoms with van der Waals surface area (Å²) in [6.07, 6.45) is 6.26. The largest absolute Gasteiger partial charge is 0.455 e. The van der Waals surface area contributed by atoms with Crippen LogP contribution in [0.1, 0.15) is 48.4 Å². The number of anilines is 1. The molecule has 0 atom stereocenters. The van der Waals surface area contributed by atoms with Crippen LogP contribution in [0.5, 0.6) is 0 Å². The fourth-order valence-electron chi connectivity index (χ4n) is 4.14. The number of rotatable bonds is 10. The smallest absolute Gasteiger partial charge is 0.287 e. The molecule has 4 rings (SSSR count). The lowest BCUT2D eigenvalue weighted by molar-refractivity contribution is 0.0908. The second-order valence-electron chi connectivity index (χ2n) is 8.47. The third-order valence-electron chi connectivity index (χ3n) is 6.07. The summed E-state index contributed by atoms with van der Waals surface area (Å²) in [5.74, 6) is 2.24. The molecule has 0 aliphatic heterocycles. The Kier molecular flexibility index (Phi) is 8.60. The second-order valence-corrected chi connectivity index (χ2v) is 9.41. The number of carbonyl (C=O) groups excluding carboxylic acids is 1. The number of carbonyl (C=O) groups is 1. The molecule has 0 radical (unpaired) electrons. The number of furan rings is 1. The summed E-state index contributed by atoms with van der Waals surface area (Å²) >= 11 is 1.51. The van der Waals surface area contributed by atoms with Crippen LogP contribution in [0.4, 0.5) is 5.82 Å². The minimum atomic E-state index is -0.244. The number of nitrogens with one attached hydrogen (secondary N) is 1. The molecule has 2 aromatic heterocycles. The Morgan fingerprint density at radius 3 is 2.71 bits per heavy atom. The molecule has 1 aliphatic rings. The van der Waals surface area contributed by atoms with Crippen LogP contribution in [0.15, 0.2) is 58.1 Å². The molecule has 0 bridgehead atoms. The molecule has 0 saturated heterocycles. The van der Waals surface area contributed by atoms with Gasteiger partial charge in [-0.05, 0) is 25.0 Å². The second kappa shape index (κ2) is 12.0. The minimum Gasteiger partial charge on any atom is -0.455 e. The normalized spacial score (nSPS) is 14.2. The lowest BCUT2D eigenvalue weighted by atomic mass is 9.94. The van der Waals surface area contributed by atoms with Crippen molar-refractivity contribution in [3.8, 4) is 11.3 Å². The van der Waals surface area contributed by atoms with Crippen molar-refractivity contribution >= 4 is 23.5 Å². The number of hydrogen-bond donors (Lipinski definition) is 1. The average Bonchev–Trinajstić information content (AvgIpc) is 3.37. The minimum absolute atomic E-state index is 0.244. The fraction of sp³-hybridized carbons (Fsp3) is 0.423. The third-order valence-corrected chi connectivity index (χ3v) is 6.94. The van der Waals surface area contributed by atoms with Crippen molar-refractivity contribution in [2.75, 3.05) is 32.2 Å². The van der Waals surface area contributed by atoms with Gasteiger partial charge in [-0.1, -0.05) is 61.4 Å². The molecule has 0 spiro atoms. The predicted octanol–water partition coefficient (Wildman–Crippen LogP) is 5.17. The topological polar surface area (TPSA) is 80.5 Å². The van der Waals surface area contributed by atoms with Crippen LogP contribution in [0, 0.1) is 0 Å². The Labute approximate surface area is 205 Å². The highest BCUT2D eigenvalue weighted by Gasteiger charge is 2.21. The Bertz CT molecular complexity index is 1070. The van der Waals surface area contributed by atoms with Gasteiger partial charge in [0, 0.05) is 38.4 Å². The number of ether oxygens (including phenoxy) is 1. The van der Waals surface area contributed by atoms with E-state index in [2.05, 4.69) is 35.5 Å². The van der Waals surface area contributed by atoms with E-state index in [1.165, 1.54) is 43.9 Å². The Morgan fingerprint density at radius 1 is 1.15 bits per heavy atom. The number of hydrogen-bond acceptors (Lipinski definition) is 7. The highest BCUT2D eigenvalue weighted by atomic mass is 32.2. The van der Waals surface area contributed by atoms with Gasteiger partial charge in [-0.15, -0.1) is 0 Å². The first kappa shape index (κ1) is 24.3. The van der Waals surface area contributed by atoms with E-state index in [-0.39, 0.29) is 5.91 Å². The fourth-order valence-corrected chi connectivity index (χ4v) is 4.88. The van der Waals surface area contributed by atoms with Gasteiger partial charge in [-0.3, -0.25) is 4.79 Å². The highest BCUT2D eigenvalue weighted by molar-refractivity contribution is 7.98. The summed E-state index contributed by atoms with van der Waals surface area (Å²) in [7, 11) is 3.74. The van der Waals surface area contributed by atoms with E-state index < -0.39 is 0 Å². The Hall–Kier alpha value is -2.84. The maximum absolute atomic E-state index is 12.2. The molecule has 3 aromatic rings. The lowest BCUT2D eigenvalue weighted by Crippen LogP contribution is -2.34. The van der Waals surface area contributed by atoms with E-state index in [0.29, 0.717) is 41.6 Å². The van der Waals surface area contributed by atoms with Crippen LogP contribution >= 0.6 is 11.8 Å². The van der Waals surface area contributed by atoms with Gasteiger partial charge < -0.3 is 19.4 Å². The van der Waals surface area contributed by atoms with Gasteiger partial charge in [-0.2, -0.15) is 0 Å². The molecule has 180 valence electrons. The third kappa shape index (κ3) is 6.39. The van der Waals surface area contributed by atoms with Crippen molar-refractivity contribution in [2.45, 2.75) is 49.1 Å². The average molecular weight is 481 g/mol. The van der Waals surface area contributed by atoms with E-state index in [4.69, 9.17) is 19.1 Å². The number of nitrogens with zero attached hydrogens (tertiary/aromatic N) is 3. The Balaban J connectivity index is 1.50. The molecule has 1 aromatic carbocycles. The number of methoxy groups -OCH3 is 1. The van der Waals surface area contributed by atoms with Crippen molar-refractivity contribution in [1.82, 2.24) is 15.3 Å². The van der Waals surface area contributed by atoms with Crippen LogP contribution < -0.4 is 10.2 Å². The molecule has 1 saturated carbocycles. The zero-order chi connectivity index (χ0) is 23.8. The first-order chi connectivity index (χ1) is 16.6. The van der Waals surface area contributed by atoms with Crippen molar-refractivity contribution in [1.29, 1.82) is 0 Å². The summed E-state index contributed by atoms with van der Waals surface area (Å²) in [6, 6.07) is 16.3. The summed E-state index contributed by atoms with van der Waals surface area (Å²) in [5.41, 5.74) is 1.98. The summed E-state index contributed by atoms with van der Waals surface area (Å²) in [4.78, 5) is 24.2. The van der Waals surface area contributed by atoms with Crippen LogP contribution in [-0.4, -0.2) is 49.2 Å². The van der Waals surface area contributed by atoms with Crippen LogP contribution in [-0.2, 0) is 10.5 Å². The highest BCUT2D eigenvalue weighted by Crippen LogP contribution is 2.30. The monoisotopic (exact) mass is 480 g/mol. The van der Waals surface area contributed by atoms with E-state index in [9.17, 15) is 4.79 Å². The molecule has 8 heteroatoms. The van der Waals surface area contributed by atoms with E-state index in [1.807, 2.05) is 24.3 Å². The van der Waals surface area contributed by atoms with Gasteiger partial charge in [0.05, 0.1) is 18.1 Å². The van der Waals surface area contributed by atoms with E-state index >= 15 is 0 Å². The molecule has 2 heterocycles. The van der Waals surface area contributed by atoms with Crippen LogP contribution in [0.2, 0.25) is 0 Å². The maximum Gasteiger partial charge on any atom is 0.287 e. The molecule has 1 N–H and O–H groups in total. The van der Waals surface area contributed by atoms with Crippen molar-refractivity contribution in [2.24, 2.45) is 0 Å². The number of benzene rings is 1.